The van der Waals surface area contributed by atoms with Gasteiger partial charge in [0, 0.05) is 29.7 Å². The van der Waals surface area contributed by atoms with Crippen LogP contribution in [0.2, 0.25) is 0 Å². The summed E-state index contributed by atoms with van der Waals surface area (Å²) in [5, 5.41) is 12.8. The zero-order chi connectivity index (χ0) is 18.3. The van der Waals surface area contributed by atoms with Gasteiger partial charge >= 0.3 is 0 Å². The van der Waals surface area contributed by atoms with E-state index in [1.165, 1.54) is 13.2 Å². The minimum atomic E-state index is -0.146. The van der Waals surface area contributed by atoms with Gasteiger partial charge in [0.2, 0.25) is 5.91 Å². The fourth-order valence-corrected chi connectivity index (χ4v) is 3.53. The van der Waals surface area contributed by atoms with Crippen molar-refractivity contribution in [1.29, 1.82) is 0 Å². The van der Waals surface area contributed by atoms with Gasteiger partial charge in [-0.15, -0.1) is 0 Å². The average Bonchev–Trinajstić information content (AvgIpc) is 2.65. The van der Waals surface area contributed by atoms with Gasteiger partial charge in [0.1, 0.15) is 6.61 Å². The Hall–Kier alpha value is -3.15. The Bertz CT molecular complexity index is 919. The van der Waals surface area contributed by atoms with Crippen molar-refractivity contribution < 1.29 is 24.1 Å². The maximum atomic E-state index is 12.2. The minimum absolute atomic E-state index is 0.00356. The molecule has 6 nitrogen and oxygen atoms in total. The molecule has 0 bridgehead atoms. The molecule has 0 fully saturated rings. The highest BCUT2D eigenvalue weighted by Crippen LogP contribution is 2.45. The van der Waals surface area contributed by atoms with Gasteiger partial charge in [-0.3, -0.25) is 4.79 Å². The lowest BCUT2D eigenvalue weighted by molar-refractivity contribution is -0.116. The first-order valence-electron chi connectivity index (χ1n) is 8.31. The number of rotatable bonds is 3. The van der Waals surface area contributed by atoms with Gasteiger partial charge in [0.05, 0.1) is 14.2 Å². The first-order chi connectivity index (χ1) is 12.6. The summed E-state index contributed by atoms with van der Waals surface area (Å²) < 4.78 is 16.5. The molecule has 134 valence electrons. The van der Waals surface area contributed by atoms with E-state index in [-0.39, 0.29) is 17.6 Å². The van der Waals surface area contributed by atoms with Crippen molar-refractivity contribution in [2.45, 2.75) is 12.3 Å². The quantitative estimate of drug-likeness (QED) is 0.885. The van der Waals surface area contributed by atoms with Crippen LogP contribution in [0, 0.1) is 0 Å². The predicted molar refractivity (Wildman–Crippen MR) is 97.1 cm³/mol. The molecule has 1 atom stereocenters. The normalized spacial score (nSPS) is 18.0. The maximum Gasteiger partial charge on any atom is 0.225 e. The fraction of sp³-hybridized carbons (Fsp3) is 0.250. The molecule has 6 heteroatoms. The lowest BCUT2D eigenvalue weighted by Crippen LogP contribution is -2.26. The van der Waals surface area contributed by atoms with Crippen molar-refractivity contribution in [3.63, 3.8) is 0 Å². The molecular formula is C20H19NO5. The van der Waals surface area contributed by atoms with Crippen LogP contribution in [0.3, 0.4) is 0 Å². The zero-order valence-corrected chi connectivity index (χ0v) is 14.5. The Balaban J connectivity index is 1.79. The van der Waals surface area contributed by atoms with E-state index >= 15 is 0 Å². The minimum Gasteiger partial charge on any atom is -0.504 e. The standard InChI is InChI=1S/C20H19NO5/c1-24-17-5-3-4-11-6-12(10-26-20(11)17)13-8-19(23)21-15-9-16(22)18(25-2)7-14(13)15/h3-7,9,13,22H,8,10H2,1-2H3,(H,21,23). The Morgan fingerprint density at radius 1 is 1.19 bits per heavy atom. The number of fused-ring (bicyclic) bond motifs is 2. The van der Waals surface area contributed by atoms with Crippen molar-refractivity contribution in [3.8, 4) is 23.0 Å². The molecule has 0 spiro atoms. The third-order valence-electron chi connectivity index (χ3n) is 4.79. The maximum absolute atomic E-state index is 12.2. The van der Waals surface area contributed by atoms with Crippen LogP contribution in [0.15, 0.2) is 35.9 Å². The number of methoxy groups -OCH3 is 2. The Morgan fingerprint density at radius 2 is 2.00 bits per heavy atom. The van der Waals surface area contributed by atoms with Gasteiger partial charge in [0.25, 0.3) is 0 Å². The molecule has 2 aromatic rings. The van der Waals surface area contributed by atoms with Gasteiger partial charge in [0.15, 0.2) is 23.0 Å². The Morgan fingerprint density at radius 3 is 2.77 bits per heavy atom. The molecule has 2 N–H and O–H groups in total. The summed E-state index contributed by atoms with van der Waals surface area (Å²) in [6.45, 7) is 0.369. The number of amides is 1. The highest BCUT2D eigenvalue weighted by molar-refractivity contribution is 5.96. The van der Waals surface area contributed by atoms with Crippen molar-refractivity contribution in [2.24, 2.45) is 0 Å². The molecule has 2 aliphatic rings. The number of hydrogen-bond acceptors (Lipinski definition) is 5. The largest absolute Gasteiger partial charge is 0.504 e. The molecule has 0 radical (unpaired) electrons. The number of hydrogen-bond donors (Lipinski definition) is 2. The van der Waals surface area contributed by atoms with Crippen molar-refractivity contribution in [2.75, 3.05) is 26.1 Å². The number of phenols is 1. The summed E-state index contributed by atoms with van der Waals surface area (Å²) in [7, 11) is 3.11. The van der Waals surface area contributed by atoms with E-state index < -0.39 is 0 Å². The number of carbonyl (C=O) groups excluding carboxylic acids is 1. The predicted octanol–water partition coefficient (Wildman–Crippen LogP) is 3.31. The summed E-state index contributed by atoms with van der Waals surface area (Å²) in [5.74, 6) is 1.53. The van der Waals surface area contributed by atoms with Crippen molar-refractivity contribution >= 4 is 17.7 Å². The first-order valence-corrected chi connectivity index (χ1v) is 8.31. The molecule has 26 heavy (non-hydrogen) atoms. The van der Waals surface area contributed by atoms with Gasteiger partial charge in [-0.25, -0.2) is 0 Å². The Labute approximate surface area is 151 Å². The number of carbonyl (C=O) groups is 1. The molecule has 2 heterocycles. The summed E-state index contributed by atoms with van der Waals surface area (Å²) in [6.07, 6.45) is 2.36. The van der Waals surface area contributed by atoms with Crippen molar-refractivity contribution in [1.82, 2.24) is 0 Å². The molecule has 0 aliphatic carbocycles. The second kappa shape index (κ2) is 6.29. The van der Waals surface area contributed by atoms with E-state index in [2.05, 4.69) is 5.32 Å². The van der Waals surface area contributed by atoms with Crippen molar-refractivity contribution in [3.05, 3.63) is 47.0 Å². The van der Waals surface area contributed by atoms with E-state index in [1.807, 2.05) is 24.3 Å². The summed E-state index contributed by atoms with van der Waals surface area (Å²) >= 11 is 0. The van der Waals surface area contributed by atoms with Crippen LogP contribution in [0.4, 0.5) is 5.69 Å². The molecule has 2 aromatic carbocycles. The Kier molecular flexibility index (Phi) is 3.95. The van der Waals surface area contributed by atoms with Crippen LogP contribution in [-0.4, -0.2) is 31.8 Å². The number of ether oxygens (including phenoxy) is 3. The van der Waals surface area contributed by atoms with E-state index in [4.69, 9.17) is 14.2 Å². The van der Waals surface area contributed by atoms with Crippen LogP contribution in [0.25, 0.3) is 6.08 Å². The summed E-state index contributed by atoms with van der Waals surface area (Å²) in [6, 6.07) is 9.02. The second-order valence-electron chi connectivity index (χ2n) is 6.30. The number of para-hydroxylation sites is 1. The lowest BCUT2D eigenvalue weighted by atomic mass is 9.83. The molecule has 0 saturated carbocycles. The monoisotopic (exact) mass is 353 g/mol. The molecule has 2 aliphatic heterocycles. The van der Waals surface area contributed by atoms with E-state index in [1.54, 1.807) is 13.2 Å². The van der Waals surface area contributed by atoms with Gasteiger partial charge < -0.3 is 24.6 Å². The molecule has 1 amide bonds. The van der Waals surface area contributed by atoms with Gasteiger partial charge in [-0.1, -0.05) is 12.1 Å². The van der Waals surface area contributed by atoms with E-state index in [0.717, 1.165) is 16.7 Å². The number of phenolic OH excluding ortho intramolecular Hbond substituents is 1. The summed E-state index contributed by atoms with van der Waals surface area (Å²) in [4.78, 5) is 12.2. The smallest absolute Gasteiger partial charge is 0.225 e. The highest BCUT2D eigenvalue weighted by Gasteiger charge is 2.31. The lowest BCUT2D eigenvalue weighted by Gasteiger charge is -2.30. The molecular weight excluding hydrogens is 334 g/mol. The van der Waals surface area contributed by atoms with Gasteiger partial charge in [-0.2, -0.15) is 0 Å². The SMILES string of the molecule is COc1cc2c(cc1O)NC(=O)CC2C1=Cc2cccc(OC)c2OC1. The molecule has 0 saturated heterocycles. The number of nitrogens with one attached hydrogen (secondary N) is 1. The fourth-order valence-electron chi connectivity index (χ4n) is 3.53. The zero-order valence-electron chi connectivity index (χ0n) is 14.5. The van der Waals surface area contributed by atoms with E-state index in [0.29, 0.717) is 36.0 Å². The topological polar surface area (TPSA) is 77.0 Å². The number of benzene rings is 2. The van der Waals surface area contributed by atoms with Gasteiger partial charge in [-0.05, 0) is 29.3 Å². The third kappa shape index (κ3) is 2.63. The van der Waals surface area contributed by atoms with E-state index in [9.17, 15) is 9.90 Å². The molecule has 1 unspecified atom stereocenters. The highest BCUT2D eigenvalue weighted by atomic mass is 16.5. The first kappa shape index (κ1) is 16.3. The number of anilines is 1. The third-order valence-corrected chi connectivity index (χ3v) is 4.79. The summed E-state index contributed by atoms with van der Waals surface area (Å²) in [5.41, 5.74) is 3.42. The van der Waals surface area contributed by atoms with Crippen LogP contribution in [0.1, 0.15) is 23.5 Å². The van der Waals surface area contributed by atoms with Crippen LogP contribution >= 0.6 is 0 Å². The molecule has 0 aromatic heterocycles. The molecule has 4 rings (SSSR count). The average molecular weight is 353 g/mol. The number of aromatic hydroxyl groups is 1. The van der Waals surface area contributed by atoms with Crippen LogP contribution in [0.5, 0.6) is 23.0 Å². The van der Waals surface area contributed by atoms with Crippen LogP contribution in [-0.2, 0) is 4.79 Å². The second-order valence-corrected chi connectivity index (χ2v) is 6.30. The van der Waals surface area contributed by atoms with Crippen LogP contribution < -0.4 is 19.5 Å².